The van der Waals surface area contributed by atoms with E-state index < -0.39 is 11.5 Å². The Labute approximate surface area is 130 Å². The highest BCUT2D eigenvalue weighted by atomic mass is 16.5. The lowest BCUT2D eigenvalue weighted by molar-refractivity contribution is -0.145. The third-order valence-corrected chi connectivity index (χ3v) is 3.94. The Morgan fingerprint density at radius 1 is 1.29 bits per heavy atom. The molecule has 0 aliphatic rings. The van der Waals surface area contributed by atoms with Crippen molar-refractivity contribution in [3.05, 3.63) is 0 Å². The predicted octanol–water partition coefficient (Wildman–Crippen LogP) is 2.35. The highest BCUT2D eigenvalue weighted by Gasteiger charge is 2.36. The van der Waals surface area contributed by atoms with E-state index in [1.165, 1.54) is 0 Å². The average molecular weight is 302 g/mol. The fraction of sp³-hybridized carbons (Fsp3) is 0.938. The van der Waals surface area contributed by atoms with Crippen molar-refractivity contribution in [2.24, 2.45) is 0 Å². The van der Waals surface area contributed by atoms with Gasteiger partial charge < -0.3 is 9.84 Å². The summed E-state index contributed by atoms with van der Waals surface area (Å²) in [5.41, 5.74) is -0.807. The van der Waals surface area contributed by atoms with Crippen LogP contribution in [-0.4, -0.2) is 60.4 Å². The smallest absolute Gasteiger partial charge is 0.323 e. The van der Waals surface area contributed by atoms with Crippen LogP contribution in [0.25, 0.3) is 0 Å². The van der Waals surface area contributed by atoms with Gasteiger partial charge in [-0.25, -0.2) is 0 Å². The molecule has 0 saturated heterocycles. The maximum atomic E-state index is 11.7. The fourth-order valence-electron chi connectivity index (χ4n) is 2.64. The summed E-state index contributed by atoms with van der Waals surface area (Å²) < 4.78 is 5.13. The lowest BCUT2D eigenvalue weighted by atomic mass is 9.89. The van der Waals surface area contributed by atoms with Crippen molar-refractivity contribution in [2.45, 2.75) is 71.5 Å². The Hall–Kier alpha value is -0.650. The molecule has 0 saturated carbocycles. The molecule has 0 fully saturated rings. The highest BCUT2D eigenvalue weighted by molar-refractivity contribution is 5.78. The van der Waals surface area contributed by atoms with Gasteiger partial charge in [0.1, 0.15) is 5.54 Å². The topological polar surface area (TPSA) is 61.8 Å². The summed E-state index contributed by atoms with van der Waals surface area (Å²) in [6, 6.07) is 0.606. The Morgan fingerprint density at radius 3 is 2.29 bits per heavy atom. The average Bonchev–Trinajstić information content (AvgIpc) is 2.40. The minimum absolute atomic E-state index is 0.163. The Bertz CT molecular complexity index is 295. The minimum atomic E-state index is -0.807. The van der Waals surface area contributed by atoms with Crippen LogP contribution in [0.4, 0.5) is 0 Å². The molecule has 21 heavy (non-hydrogen) atoms. The first-order valence-electron chi connectivity index (χ1n) is 8.03. The number of rotatable bonds is 12. The zero-order valence-electron chi connectivity index (χ0n) is 14.6. The van der Waals surface area contributed by atoms with E-state index >= 15 is 0 Å². The molecule has 0 aliphatic carbocycles. The molecule has 0 amide bonds. The summed E-state index contributed by atoms with van der Waals surface area (Å²) in [5, 5.41) is 12.8. The normalized spacial score (nSPS) is 14.9. The molecule has 0 rings (SSSR count). The van der Waals surface area contributed by atoms with Crippen molar-refractivity contribution >= 4 is 5.97 Å². The molecule has 0 spiro atoms. The Morgan fingerprint density at radius 2 is 1.90 bits per heavy atom. The standard InChI is InChI=1S/C16H34N2O3/c1-7-16(15(19)20,17-13(2)3)9-8-10-18(14(4)5)11-12-21-6/h13-14,17H,7-12H2,1-6H3,(H,19,20). The molecular weight excluding hydrogens is 268 g/mol. The predicted molar refractivity (Wildman–Crippen MR) is 86.7 cm³/mol. The van der Waals surface area contributed by atoms with E-state index in [1.54, 1.807) is 7.11 Å². The number of aliphatic carboxylic acids is 1. The van der Waals surface area contributed by atoms with Crippen LogP contribution in [0.15, 0.2) is 0 Å². The summed E-state index contributed by atoms with van der Waals surface area (Å²) in [7, 11) is 1.71. The quantitative estimate of drug-likeness (QED) is 0.579. The van der Waals surface area contributed by atoms with Gasteiger partial charge in [-0.05, 0) is 53.5 Å². The van der Waals surface area contributed by atoms with E-state index in [9.17, 15) is 9.90 Å². The molecule has 2 N–H and O–H groups in total. The van der Waals surface area contributed by atoms with E-state index in [0.717, 1.165) is 19.5 Å². The molecule has 0 radical (unpaired) electrons. The molecule has 126 valence electrons. The van der Waals surface area contributed by atoms with Crippen LogP contribution in [0.3, 0.4) is 0 Å². The molecule has 0 aromatic carbocycles. The largest absolute Gasteiger partial charge is 0.480 e. The summed E-state index contributed by atoms with van der Waals surface area (Å²) in [5.74, 6) is -0.744. The molecular formula is C16H34N2O3. The molecule has 1 atom stereocenters. The lowest BCUT2D eigenvalue weighted by Gasteiger charge is -2.33. The Balaban J connectivity index is 4.56. The summed E-state index contributed by atoms with van der Waals surface area (Å²) >= 11 is 0. The second kappa shape index (κ2) is 10.1. The van der Waals surface area contributed by atoms with Crippen LogP contribution in [0.2, 0.25) is 0 Å². The number of nitrogens with zero attached hydrogens (tertiary/aromatic N) is 1. The number of methoxy groups -OCH3 is 1. The second-order valence-corrected chi connectivity index (χ2v) is 6.27. The minimum Gasteiger partial charge on any atom is -0.480 e. The van der Waals surface area contributed by atoms with Crippen molar-refractivity contribution in [3.8, 4) is 0 Å². The zero-order chi connectivity index (χ0) is 16.5. The van der Waals surface area contributed by atoms with Gasteiger partial charge in [-0.2, -0.15) is 0 Å². The van der Waals surface area contributed by atoms with E-state index in [2.05, 4.69) is 24.1 Å². The van der Waals surface area contributed by atoms with Crippen molar-refractivity contribution in [3.63, 3.8) is 0 Å². The number of nitrogens with one attached hydrogen (secondary N) is 1. The summed E-state index contributed by atoms with van der Waals surface area (Å²) in [6.45, 7) is 12.7. The van der Waals surface area contributed by atoms with Gasteiger partial charge in [-0.15, -0.1) is 0 Å². The lowest BCUT2D eigenvalue weighted by Crippen LogP contribution is -2.54. The number of hydrogen-bond donors (Lipinski definition) is 2. The molecule has 1 unspecified atom stereocenters. The SMILES string of the molecule is CCC(CCCN(CCOC)C(C)C)(NC(C)C)C(=O)O. The highest BCUT2D eigenvalue weighted by Crippen LogP contribution is 2.20. The van der Waals surface area contributed by atoms with Crippen molar-refractivity contribution in [2.75, 3.05) is 26.8 Å². The maximum Gasteiger partial charge on any atom is 0.323 e. The molecule has 0 aliphatic heterocycles. The molecule has 0 heterocycles. The van der Waals surface area contributed by atoms with Gasteiger partial charge in [0, 0.05) is 25.7 Å². The van der Waals surface area contributed by atoms with Gasteiger partial charge in [0.2, 0.25) is 0 Å². The van der Waals surface area contributed by atoms with Crippen molar-refractivity contribution < 1.29 is 14.6 Å². The first kappa shape index (κ1) is 20.3. The van der Waals surface area contributed by atoms with E-state index in [0.29, 0.717) is 25.5 Å². The fourth-order valence-corrected chi connectivity index (χ4v) is 2.64. The van der Waals surface area contributed by atoms with Gasteiger partial charge in [-0.3, -0.25) is 15.0 Å². The molecule has 5 heteroatoms. The summed E-state index contributed by atoms with van der Waals surface area (Å²) in [6.07, 6.45) is 2.11. The first-order chi connectivity index (χ1) is 9.79. The number of carboxylic acids is 1. The number of carboxylic acid groups (broad SMARTS) is 1. The van der Waals surface area contributed by atoms with Gasteiger partial charge in [-0.1, -0.05) is 6.92 Å². The van der Waals surface area contributed by atoms with Crippen LogP contribution < -0.4 is 5.32 Å². The van der Waals surface area contributed by atoms with Crippen LogP contribution >= 0.6 is 0 Å². The third kappa shape index (κ3) is 7.25. The summed E-state index contributed by atoms with van der Waals surface area (Å²) in [4.78, 5) is 14.0. The molecule has 0 aromatic heterocycles. The van der Waals surface area contributed by atoms with Gasteiger partial charge >= 0.3 is 5.97 Å². The van der Waals surface area contributed by atoms with Crippen LogP contribution in [0.1, 0.15) is 53.9 Å². The van der Waals surface area contributed by atoms with E-state index in [4.69, 9.17) is 4.74 Å². The van der Waals surface area contributed by atoms with Crippen LogP contribution in [0, 0.1) is 0 Å². The van der Waals surface area contributed by atoms with Crippen molar-refractivity contribution in [1.82, 2.24) is 10.2 Å². The van der Waals surface area contributed by atoms with Gasteiger partial charge in [0.15, 0.2) is 0 Å². The van der Waals surface area contributed by atoms with Crippen LogP contribution in [0.5, 0.6) is 0 Å². The van der Waals surface area contributed by atoms with Crippen LogP contribution in [-0.2, 0) is 9.53 Å². The molecule has 5 nitrogen and oxygen atoms in total. The maximum absolute atomic E-state index is 11.7. The third-order valence-electron chi connectivity index (χ3n) is 3.94. The van der Waals surface area contributed by atoms with Gasteiger partial charge in [0.25, 0.3) is 0 Å². The van der Waals surface area contributed by atoms with Crippen molar-refractivity contribution in [1.29, 1.82) is 0 Å². The first-order valence-corrected chi connectivity index (χ1v) is 8.03. The van der Waals surface area contributed by atoms with Gasteiger partial charge in [0.05, 0.1) is 6.61 Å². The Kier molecular flexibility index (Phi) is 9.83. The zero-order valence-corrected chi connectivity index (χ0v) is 14.6. The number of ether oxygens (including phenoxy) is 1. The number of carbonyl (C=O) groups is 1. The molecule has 0 aromatic rings. The monoisotopic (exact) mass is 302 g/mol. The van der Waals surface area contributed by atoms with E-state index in [-0.39, 0.29) is 6.04 Å². The number of hydrogen-bond acceptors (Lipinski definition) is 4. The second-order valence-electron chi connectivity index (χ2n) is 6.27. The van der Waals surface area contributed by atoms with E-state index in [1.807, 2.05) is 20.8 Å². The molecule has 0 bridgehead atoms.